The zero-order valence-corrected chi connectivity index (χ0v) is 9.80. The largest absolute Gasteiger partial charge is 0.460 e. The van der Waals surface area contributed by atoms with Crippen molar-refractivity contribution in [1.82, 2.24) is 9.97 Å². The van der Waals surface area contributed by atoms with Crippen molar-refractivity contribution in [2.45, 2.75) is 38.7 Å². The third kappa shape index (κ3) is 2.56. The Kier molecular flexibility index (Phi) is 2.66. The van der Waals surface area contributed by atoms with Gasteiger partial charge in [-0.15, -0.1) is 0 Å². The molecule has 1 saturated carbocycles. The van der Waals surface area contributed by atoms with Gasteiger partial charge >= 0.3 is 5.97 Å². The molecule has 86 valence electrons. The van der Waals surface area contributed by atoms with Crippen LogP contribution in [0.25, 0.3) is 0 Å². The summed E-state index contributed by atoms with van der Waals surface area (Å²) in [6, 6.07) is 1.77. The summed E-state index contributed by atoms with van der Waals surface area (Å²) in [5.74, 6) is 0.709. The van der Waals surface area contributed by atoms with Crippen molar-refractivity contribution < 1.29 is 9.53 Å². The number of esters is 1. The van der Waals surface area contributed by atoms with Gasteiger partial charge in [-0.05, 0) is 33.3 Å². The molecular formula is C12H16N2O2. The first-order chi connectivity index (χ1) is 7.47. The highest BCUT2D eigenvalue weighted by atomic mass is 16.6. The molecule has 0 unspecified atom stereocenters. The van der Waals surface area contributed by atoms with Crippen molar-refractivity contribution >= 4 is 5.97 Å². The Morgan fingerprint density at radius 1 is 1.38 bits per heavy atom. The lowest BCUT2D eigenvalue weighted by molar-refractivity contribution is -0.156. The summed E-state index contributed by atoms with van der Waals surface area (Å²) in [5.41, 5.74) is -0.415. The van der Waals surface area contributed by atoms with Gasteiger partial charge in [0.15, 0.2) is 0 Å². The molecule has 2 rings (SSSR count). The van der Waals surface area contributed by atoms with E-state index in [2.05, 4.69) is 9.97 Å². The van der Waals surface area contributed by atoms with Gasteiger partial charge in [-0.25, -0.2) is 9.97 Å². The monoisotopic (exact) mass is 220 g/mol. The fourth-order valence-corrected chi connectivity index (χ4v) is 1.62. The second-order valence-corrected chi connectivity index (χ2v) is 5.09. The maximum Gasteiger partial charge on any atom is 0.310 e. The predicted octanol–water partition coefficient (Wildman–Crippen LogP) is 1.92. The minimum atomic E-state index is -0.415. The van der Waals surface area contributed by atoms with Gasteiger partial charge in [-0.3, -0.25) is 4.79 Å². The average Bonchev–Trinajstić information content (AvgIpc) is 2.96. The van der Waals surface area contributed by atoms with Crippen LogP contribution in [0.3, 0.4) is 0 Å². The van der Waals surface area contributed by atoms with Crippen molar-refractivity contribution in [3.63, 3.8) is 0 Å². The van der Waals surface area contributed by atoms with Crippen LogP contribution in [-0.2, 0) is 9.53 Å². The molecule has 1 aromatic heterocycles. The van der Waals surface area contributed by atoms with Gasteiger partial charge in [0.2, 0.25) is 0 Å². The van der Waals surface area contributed by atoms with E-state index in [1.54, 1.807) is 18.5 Å². The lowest BCUT2D eigenvalue weighted by Crippen LogP contribution is -2.25. The van der Waals surface area contributed by atoms with Gasteiger partial charge in [0.1, 0.15) is 11.4 Å². The Labute approximate surface area is 95.1 Å². The lowest BCUT2D eigenvalue weighted by Gasteiger charge is -2.19. The van der Waals surface area contributed by atoms with Crippen LogP contribution in [0.2, 0.25) is 0 Å². The van der Waals surface area contributed by atoms with Crippen LogP contribution < -0.4 is 0 Å². The molecule has 1 heterocycles. The fourth-order valence-electron chi connectivity index (χ4n) is 1.62. The molecule has 1 aromatic rings. The fraction of sp³-hybridized carbons (Fsp3) is 0.583. The number of nitrogens with zero attached hydrogens (tertiary/aromatic N) is 2. The molecule has 1 aliphatic carbocycles. The molecule has 4 heteroatoms. The molecule has 0 amide bonds. The van der Waals surface area contributed by atoms with E-state index in [-0.39, 0.29) is 17.8 Å². The van der Waals surface area contributed by atoms with Crippen LogP contribution in [0.15, 0.2) is 18.5 Å². The molecule has 0 saturated heterocycles. The molecule has 16 heavy (non-hydrogen) atoms. The standard InChI is InChI=1S/C12H16N2O2/c1-12(2,3)16-11(15)9-7-8(9)10-13-5-4-6-14-10/h4-6,8-9H,7H2,1-3H3/t8-,9-/m1/s1. The number of hydrogen-bond acceptors (Lipinski definition) is 4. The minimum Gasteiger partial charge on any atom is -0.460 e. The first-order valence-corrected chi connectivity index (χ1v) is 5.47. The van der Waals surface area contributed by atoms with E-state index in [1.165, 1.54) is 0 Å². The third-order valence-corrected chi connectivity index (χ3v) is 2.42. The van der Waals surface area contributed by atoms with E-state index in [4.69, 9.17) is 4.74 Å². The molecule has 4 nitrogen and oxygen atoms in total. The van der Waals surface area contributed by atoms with Gasteiger partial charge in [0.05, 0.1) is 5.92 Å². The SMILES string of the molecule is CC(C)(C)OC(=O)[C@@H]1C[C@H]1c1ncccn1. The molecule has 0 aliphatic heterocycles. The maximum absolute atomic E-state index is 11.7. The van der Waals surface area contributed by atoms with Crippen molar-refractivity contribution in [1.29, 1.82) is 0 Å². The predicted molar refractivity (Wildman–Crippen MR) is 58.7 cm³/mol. The zero-order chi connectivity index (χ0) is 11.8. The summed E-state index contributed by atoms with van der Waals surface area (Å²) in [6.07, 6.45) is 4.21. The van der Waals surface area contributed by atoms with E-state index in [0.717, 1.165) is 12.2 Å². The highest BCUT2D eigenvalue weighted by Gasteiger charge is 2.48. The summed E-state index contributed by atoms with van der Waals surface area (Å²) in [7, 11) is 0. The zero-order valence-electron chi connectivity index (χ0n) is 9.80. The van der Waals surface area contributed by atoms with E-state index in [1.807, 2.05) is 20.8 Å². The average molecular weight is 220 g/mol. The first-order valence-electron chi connectivity index (χ1n) is 5.47. The number of carbonyl (C=O) groups excluding carboxylic acids is 1. The normalized spacial score (nSPS) is 23.9. The number of carbonyl (C=O) groups is 1. The Balaban J connectivity index is 1.95. The summed E-state index contributed by atoms with van der Waals surface area (Å²) in [5, 5.41) is 0. The highest BCUT2D eigenvalue weighted by molar-refractivity contribution is 5.77. The smallest absolute Gasteiger partial charge is 0.310 e. The van der Waals surface area contributed by atoms with Crippen molar-refractivity contribution in [3.8, 4) is 0 Å². The van der Waals surface area contributed by atoms with Crippen LogP contribution in [0, 0.1) is 5.92 Å². The first kappa shape index (κ1) is 11.0. The van der Waals surface area contributed by atoms with Crippen molar-refractivity contribution in [2.24, 2.45) is 5.92 Å². The summed E-state index contributed by atoms with van der Waals surface area (Å²) < 4.78 is 5.32. The second kappa shape index (κ2) is 3.85. The van der Waals surface area contributed by atoms with Crippen LogP contribution in [0.5, 0.6) is 0 Å². The Morgan fingerprint density at radius 3 is 2.56 bits per heavy atom. The molecule has 0 bridgehead atoms. The summed E-state index contributed by atoms with van der Waals surface area (Å²) >= 11 is 0. The number of ether oxygens (including phenoxy) is 1. The number of rotatable bonds is 2. The molecule has 0 N–H and O–H groups in total. The summed E-state index contributed by atoms with van der Waals surface area (Å²) in [6.45, 7) is 5.63. The molecule has 2 atom stereocenters. The maximum atomic E-state index is 11.7. The van der Waals surface area contributed by atoms with Crippen LogP contribution in [0.1, 0.15) is 38.9 Å². The van der Waals surface area contributed by atoms with Gasteiger partial charge in [-0.2, -0.15) is 0 Å². The number of aromatic nitrogens is 2. The molecule has 0 spiro atoms. The summed E-state index contributed by atoms with van der Waals surface area (Å²) in [4.78, 5) is 20.0. The lowest BCUT2D eigenvalue weighted by atomic mass is 10.2. The molecular weight excluding hydrogens is 204 g/mol. The quantitative estimate of drug-likeness (QED) is 0.714. The molecule has 1 aliphatic rings. The van der Waals surface area contributed by atoms with E-state index in [9.17, 15) is 4.79 Å². The van der Waals surface area contributed by atoms with E-state index >= 15 is 0 Å². The van der Waals surface area contributed by atoms with Crippen LogP contribution in [0.4, 0.5) is 0 Å². The molecule has 0 radical (unpaired) electrons. The second-order valence-electron chi connectivity index (χ2n) is 5.09. The topological polar surface area (TPSA) is 52.1 Å². The van der Waals surface area contributed by atoms with E-state index < -0.39 is 5.60 Å². The Bertz CT molecular complexity index is 384. The van der Waals surface area contributed by atoms with Crippen LogP contribution >= 0.6 is 0 Å². The van der Waals surface area contributed by atoms with Gasteiger partial charge in [0, 0.05) is 18.3 Å². The van der Waals surface area contributed by atoms with Gasteiger partial charge in [-0.1, -0.05) is 0 Å². The van der Waals surface area contributed by atoms with Crippen molar-refractivity contribution in [2.75, 3.05) is 0 Å². The Hall–Kier alpha value is -1.45. The Morgan fingerprint density at radius 2 is 2.00 bits per heavy atom. The highest BCUT2D eigenvalue weighted by Crippen LogP contribution is 2.47. The van der Waals surface area contributed by atoms with Gasteiger partial charge < -0.3 is 4.74 Å². The third-order valence-electron chi connectivity index (χ3n) is 2.42. The molecule has 1 fully saturated rings. The molecule has 0 aromatic carbocycles. The van der Waals surface area contributed by atoms with E-state index in [0.29, 0.717) is 0 Å². The minimum absolute atomic E-state index is 0.0541. The van der Waals surface area contributed by atoms with Gasteiger partial charge in [0.25, 0.3) is 0 Å². The van der Waals surface area contributed by atoms with Crippen LogP contribution in [-0.4, -0.2) is 21.5 Å². The number of hydrogen-bond donors (Lipinski definition) is 0. The van der Waals surface area contributed by atoms with Crippen molar-refractivity contribution in [3.05, 3.63) is 24.3 Å².